The van der Waals surface area contributed by atoms with Crippen molar-refractivity contribution in [2.45, 2.75) is 0 Å². The van der Waals surface area contributed by atoms with E-state index in [2.05, 4.69) is 39.7 Å². The Kier molecular flexibility index (Phi) is 6.65. The first-order valence-corrected chi connectivity index (χ1v) is 9.63. The van der Waals surface area contributed by atoms with Crippen LogP contribution in [0.1, 0.15) is 15.9 Å². The van der Waals surface area contributed by atoms with E-state index in [4.69, 9.17) is 9.47 Å². The predicted molar refractivity (Wildman–Crippen MR) is 120 cm³/mol. The maximum atomic E-state index is 12.6. The molecule has 0 aliphatic carbocycles. The fourth-order valence-corrected chi connectivity index (χ4v) is 3.35. The van der Waals surface area contributed by atoms with Crippen LogP contribution in [-0.2, 0) is 0 Å². The lowest BCUT2D eigenvalue weighted by Crippen LogP contribution is -2.18. The normalized spacial score (nSPS) is 10.8. The van der Waals surface area contributed by atoms with E-state index >= 15 is 0 Å². The van der Waals surface area contributed by atoms with Gasteiger partial charge in [-0.05, 0) is 69.3 Å². The highest BCUT2D eigenvalue weighted by Crippen LogP contribution is 2.26. The summed E-state index contributed by atoms with van der Waals surface area (Å²) in [4.78, 5) is 12.6. The number of halogens is 1. The highest BCUT2D eigenvalue weighted by Gasteiger charge is 2.13. The van der Waals surface area contributed by atoms with E-state index in [1.54, 1.807) is 25.5 Å². The zero-order chi connectivity index (χ0) is 19.9. The van der Waals surface area contributed by atoms with Crippen molar-refractivity contribution in [2.24, 2.45) is 5.10 Å². The van der Waals surface area contributed by atoms with Gasteiger partial charge in [-0.3, -0.25) is 4.79 Å². The molecule has 28 heavy (non-hydrogen) atoms. The number of hydrogen-bond donors (Lipinski definition) is 1. The third kappa shape index (κ3) is 4.69. The minimum atomic E-state index is -0.334. The monoisotopic (exact) mass is 486 g/mol. The van der Waals surface area contributed by atoms with Gasteiger partial charge in [-0.2, -0.15) is 5.10 Å². The third-order valence-electron chi connectivity index (χ3n) is 4.00. The number of benzene rings is 3. The largest absolute Gasteiger partial charge is 0.496 e. The van der Waals surface area contributed by atoms with E-state index in [0.717, 1.165) is 25.7 Å². The zero-order valence-corrected chi connectivity index (χ0v) is 17.5. The molecule has 3 rings (SSSR count). The Hall–Kier alpha value is -2.87. The highest BCUT2D eigenvalue weighted by atomic mass is 127. The van der Waals surface area contributed by atoms with Crippen LogP contribution in [0.15, 0.2) is 72.4 Å². The molecule has 0 aliphatic rings. The van der Waals surface area contributed by atoms with Crippen LogP contribution in [0.4, 0.5) is 0 Å². The van der Waals surface area contributed by atoms with Crippen LogP contribution in [0.5, 0.6) is 11.5 Å². The molecule has 1 N–H and O–H groups in total. The number of carbonyl (C=O) groups is 1. The molecule has 0 spiro atoms. The van der Waals surface area contributed by atoms with Gasteiger partial charge in [0.25, 0.3) is 5.91 Å². The molecule has 0 bridgehead atoms. The third-order valence-corrected chi connectivity index (χ3v) is 4.85. The molecular weight excluding hydrogens is 467 g/mol. The van der Waals surface area contributed by atoms with Crippen molar-refractivity contribution in [1.29, 1.82) is 0 Å². The first kappa shape index (κ1) is 19.9. The van der Waals surface area contributed by atoms with Crippen LogP contribution in [0.25, 0.3) is 10.8 Å². The van der Waals surface area contributed by atoms with Crippen LogP contribution < -0.4 is 14.9 Å². The molecule has 6 heteroatoms. The number of hydrogen-bond acceptors (Lipinski definition) is 4. The van der Waals surface area contributed by atoms with Crippen molar-refractivity contribution in [3.63, 3.8) is 0 Å². The number of methoxy groups -OCH3 is 1. The number of rotatable bonds is 7. The first-order valence-electron chi connectivity index (χ1n) is 8.56. The van der Waals surface area contributed by atoms with Crippen molar-refractivity contribution < 1.29 is 14.3 Å². The Balaban J connectivity index is 1.74. The molecule has 1 amide bonds. The number of fused-ring (bicyclic) bond motifs is 1. The number of amides is 1. The van der Waals surface area contributed by atoms with Gasteiger partial charge in [0.1, 0.15) is 18.1 Å². The van der Waals surface area contributed by atoms with Gasteiger partial charge in [-0.25, -0.2) is 5.43 Å². The summed E-state index contributed by atoms with van der Waals surface area (Å²) in [5.41, 5.74) is 3.84. The van der Waals surface area contributed by atoms with Crippen molar-refractivity contribution in [3.8, 4) is 11.5 Å². The first-order chi connectivity index (χ1) is 13.6. The topological polar surface area (TPSA) is 59.9 Å². The molecule has 0 aromatic heterocycles. The van der Waals surface area contributed by atoms with Crippen molar-refractivity contribution in [2.75, 3.05) is 13.7 Å². The minimum Gasteiger partial charge on any atom is -0.496 e. The number of carbonyl (C=O) groups excluding carboxylic acids is 1. The Labute approximate surface area is 177 Å². The Morgan fingerprint density at radius 1 is 1.14 bits per heavy atom. The molecule has 0 saturated heterocycles. The summed E-state index contributed by atoms with van der Waals surface area (Å²) in [5.74, 6) is 0.951. The number of nitrogens with zero attached hydrogens (tertiary/aromatic N) is 1. The Morgan fingerprint density at radius 2 is 1.89 bits per heavy atom. The van der Waals surface area contributed by atoms with Gasteiger partial charge in [-0.15, -0.1) is 0 Å². The molecule has 0 heterocycles. The lowest BCUT2D eigenvalue weighted by atomic mass is 10.1. The summed E-state index contributed by atoms with van der Waals surface area (Å²) in [6.45, 7) is 4.09. The predicted octanol–water partition coefficient (Wildman–Crippen LogP) is 4.78. The summed E-state index contributed by atoms with van der Waals surface area (Å²) in [5, 5.41) is 6.03. The van der Waals surface area contributed by atoms with Gasteiger partial charge in [0.05, 0.1) is 22.5 Å². The molecule has 3 aromatic rings. The van der Waals surface area contributed by atoms with Gasteiger partial charge in [0.15, 0.2) is 0 Å². The zero-order valence-electron chi connectivity index (χ0n) is 15.3. The SMILES string of the molecule is C=CCOc1ccc(C=NNC(=O)c2cc3ccccc3cc2OC)cc1I. The average molecular weight is 486 g/mol. The van der Waals surface area contributed by atoms with E-state index in [1.807, 2.05) is 48.5 Å². The van der Waals surface area contributed by atoms with Gasteiger partial charge in [-0.1, -0.05) is 36.9 Å². The van der Waals surface area contributed by atoms with Crippen molar-refractivity contribution in [1.82, 2.24) is 5.43 Å². The summed E-state index contributed by atoms with van der Waals surface area (Å²) in [6.07, 6.45) is 3.28. The van der Waals surface area contributed by atoms with Crippen LogP contribution >= 0.6 is 22.6 Å². The molecule has 0 atom stereocenters. The van der Waals surface area contributed by atoms with E-state index in [-0.39, 0.29) is 5.91 Å². The number of nitrogens with one attached hydrogen (secondary N) is 1. The van der Waals surface area contributed by atoms with Crippen LogP contribution in [0, 0.1) is 3.57 Å². The summed E-state index contributed by atoms with van der Waals surface area (Å²) >= 11 is 2.19. The summed E-state index contributed by atoms with van der Waals surface area (Å²) in [7, 11) is 1.54. The van der Waals surface area contributed by atoms with Crippen LogP contribution in [0.2, 0.25) is 0 Å². The molecule has 0 unspecified atom stereocenters. The summed E-state index contributed by atoms with van der Waals surface area (Å²) in [6, 6.07) is 17.1. The second kappa shape index (κ2) is 9.36. The van der Waals surface area contributed by atoms with Crippen LogP contribution in [0.3, 0.4) is 0 Å². The Bertz CT molecular complexity index is 1050. The average Bonchev–Trinajstić information content (AvgIpc) is 2.72. The van der Waals surface area contributed by atoms with Crippen molar-refractivity contribution in [3.05, 3.63) is 81.9 Å². The van der Waals surface area contributed by atoms with E-state index in [9.17, 15) is 4.79 Å². The summed E-state index contributed by atoms with van der Waals surface area (Å²) < 4.78 is 11.9. The molecule has 0 aliphatic heterocycles. The number of hydrazone groups is 1. The fraction of sp³-hybridized carbons (Fsp3) is 0.0909. The molecule has 3 aromatic carbocycles. The molecule has 0 saturated carbocycles. The fourth-order valence-electron chi connectivity index (χ4n) is 2.65. The lowest BCUT2D eigenvalue weighted by Gasteiger charge is -2.09. The van der Waals surface area contributed by atoms with E-state index < -0.39 is 0 Å². The minimum absolute atomic E-state index is 0.334. The second-order valence-corrected chi connectivity index (χ2v) is 7.05. The van der Waals surface area contributed by atoms with E-state index in [1.165, 1.54) is 0 Å². The smallest absolute Gasteiger partial charge is 0.275 e. The van der Waals surface area contributed by atoms with Crippen molar-refractivity contribution >= 4 is 45.5 Å². The second-order valence-electron chi connectivity index (χ2n) is 5.89. The Morgan fingerprint density at radius 3 is 2.57 bits per heavy atom. The number of ether oxygens (including phenoxy) is 2. The van der Waals surface area contributed by atoms with Crippen LogP contribution in [-0.4, -0.2) is 25.8 Å². The van der Waals surface area contributed by atoms with E-state index in [0.29, 0.717) is 17.9 Å². The molecular formula is C22H19IN2O3. The lowest BCUT2D eigenvalue weighted by molar-refractivity contribution is 0.0952. The quantitative estimate of drug-likeness (QED) is 0.226. The molecule has 5 nitrogen and oxygen atoms in total. The molecule has 0 fully saturated rings. The standard InChI is InChI=1S/C22H19IN2O3/c1-3-10-28-20-9-8-15(11-19(20)23)14-24-25-22(26)18-12-16-6-4-5-7-17(16)13-21(18)27-2/h3-9,11-14H,1,10H2,2H3,(H,25,26). The van der Waals surface area contributed by atoms with Gasteiger partial charge >= 0.3 is 0 Å². The molecule has 142 valence electrons. The molecule has 0 radical (unpaired) electrons. The van der Waals surface area contributed by atoms with Gasteiger partial charge < -0.3 is 9.47 Å². The maximum Gasteiger partial charge on any atom is 0.275 e. The highest BCUT2D eigenvalue weighted by molar-refractivity contribution is 14.1. The van der Waals surface area contributed by atoms with Gasteiger partial charge in [0, 0.05) is 0 Å². The maximum absolute atomic E-state index is 12.6. The van der Waals surface area contributed by atoms with Gasteiger partial charge in [0.2, 0.25) is 0 Å².